The maximum absolute atomic E-state index is 11.6. The lowest BCUT2D eigenvalue weighted by Gasteiger charge is -2.42. The fourth-order valence-electron chi connectivity index (χ4n) is 2.23. The number of carbonyl (C=O) groups excluding carboxylic acids is 2. The molecule has 1 aliphatic rings. The Bertz CT molecular complexity index is 349. The second-order valence-corrected chi connectivity index (χ2v) is 4.78. The van der Waals surface area contributed by atoms with E-state index in [-0.39, 0.29) is 18.8 Å². The van der Waals surface area contributed by atoms with Gasteiger partial charge in [0, 0.05) is 20.5 Å². The highest BCUT2D eigenvalue weighted by molar-refractivity contribution is 5.80. The maximum Gasteiger partial charge on any atom is 0.217 e. The van der Waals surface area contributed by atoms with Gasteiger partial charge in [-0.2, -0.15) is 0 Å². The Morgan fingerprint density at radius 3 is 2.40 bits per heavy atom. The first-order valence-corrected chi connectivity index (χ1v) is 6.30. The van der Waals surface area contributed by atoms with Crippen LogP contribution < -0.4 is 5.32 Å². The van der Waals surface area contributed by atoms with E-state index >= 15 is 0 Å². The molecular weight excluding hydrogens is 270 g/mol. The van der Waals surface area contributed by atoms with Gasteiger partial charge in [0.25, 0.3) is 0 Å². The number of ether oxygens (including phenoxy) is 2. The van der Waals surface area contributed by atoms with Crippen molar-refractivity contribution in [2.45, 2.75) is 43.8 Å². The number of nitrogens with one attached hydrogen (secondary N) is 1. The molecule has 5 atom stereocenters. The normalized spacial score (nSPS) is 33.8. The molecule has 0 radical (unpaired) electrons. The number of ketones is 1. The number of hydrogen-bond acceptors (Lipinski definition) is 7. The molecule has 0 saturated carbocycles. The minimum Gasteiger partial charge on any atom is -0.394 e. The predicted molar refractivity (Wildman–Crippen MR) is 66.9 cm³/mol. The average Bonchev–Trinajstić information content (AvgIpc) is 2.38. The third kappa shape index (κ3) is 4.22. The van der Waals surface area contributed by atoms with E-state index in [9.17, 15) is 19.8 Å². The summed E-state index contributed by atoms with van der Waals surface area (Å²) >= 11 is 0. The number of carbonyl (C=O) groups is 2. The van der Waals surface area contributed by atoms with Gasteiger partial charge in [-0.15, -0.1) is 0 Å². The molecule has 0 aromatic rings. The van der Waals surface area contributed by atoms with Gasteiger partial charge in [-0.25, -0.2) is 0 Å². The average molecular weight is 291 g/mol. The first kappa shape index (κ1) is 17.0. The fraction of sp³-hybridized carbons (Fsp3) is 0.833. The van der Waals surface area contributed by atoms with Crippen LogP contribution in [0.2, 0.25) is 0 Å². The fourth-order valence-corrected chi connectivity index (χ4v) is 2.23. The largest absolute Gasteiger partial charge is 0.394 e. The Morgan fingerprint density at radius 1 is 1.25 bits per heavy atom. The lowest BCUT2D eigenvalue weighted by atomic mass is 9.90. The SMILES string of the molecule is COCC(=O)CC1O[C@H](CO)[C@@H](O)[C@H](O)[C@H]1NC(C)=O. The lowest BCUT2D eigenvalue weighted by molar-refractivity contribution is -0.197. The van der Waals surface area contributed by atoms with Gasteiger partial charge in [0.15, 0.2) is 5.78 Å². The molecule has 8 heteroatoms. The molecule has 1 unspecified atom stereocenters. The minimum atomic E-state index is -1.34. The molecule has 8 nitrogen and oxygen atoms in total. The van der Waals surface area contributed by atoms with Crippen LogP contribution in [0.3, 0.4) is 0 Å². The molecule has 1 fully saturated rings. The summed E-state index contributed by atoms with van der Waals surface area (Å²) in [5.74, 6) is -0.690. The molecule has 1 amide bonds. The topological polar surface area (TPSA) is 125 Å². The predicted octanol–water partition coefficient (Wildman–Crippen LogP) is -2.42. The molecular formula is C12H21NO7. The van der Waals surface area contributed by atoms with Crippen molar-refractivity contribution >= 4 is 11.7 Å². The van der Waals surface area contributed by atoms with Crippen molar-refractivity contribution in [1.29, 1.82) is 0 Å². The Kier molecular flexibility index (Phi) is 6.50. The number of hydrogen-bond donors (Lipinski definition) is 4. The van der Waals surface area contributed by atoms with Gasteiger partial charge in [0.05, 0.1) is 18.8 Å². The zero-order chi connectivity index (χ0) is 15.3. The molecule has 0 aromatic heterocycles. The lowest BCUT2D eigenvalue weighted by Crippen LogP contribution is -2.64. The van der Waals surface area contributed by atoms with Crippen LogP contribution in [0.25, 0.3) is 0 Å². The molecule has 1 rings (SSSR count). The van der Waals surface area contributed by atoms with Crippen molar-refractivity contribution in [2.75, 3.05) is 20.3 Å². The zero-order valence-electron chi connectivity index (χ0n) is 11.5. The summed E-state index contributed by atoms with van der Waals surface area (Å²) in [7, 11) is 1.38. The summed E-state index contributed by atoms with van der Waals surface area (Å²) in [6.07, 6.45) is -4.61. The number of amides is 1. The van der Waals surface area contributed by atoms with Crippen molar-refractivity contribution in [3.05, 3.63) is 0 Å². The van der Waals surface area contributed by atoms with Crippen molar-refractivity contribution < 1.29 is 34.4 Å². The van der Waals surface area contributed by atoms with E-state index in [1.807, 2.05) is 0 Å². The molecule has 1 aliphatic heterocycles. The van der Waals surface area contributed by atoms with Crippen molar-refractivity contribution in [3.63, 3.8) is 0 Å². The third-order valence-corrected chi connectivity index (χ3v) is 3.13. The van der Waals surface area contributed by atoms with E-state index in [1.165, 1.54) is 14.0 Å². The van der Waals surface area contributed by atoms with Crippen LogP contribution in [0.5, 0.6) is 0 Å². The number of aliphatic hydroxyl groups excluding tert-OH is 3. The van der Waals surface area contributed by atoms with Gasteiger partial charge in [-0.3, -0.25) is 9.59 Å². The van der Waals surface area contributed by atoms with Gasteiger partial charge in [0.2, 0.25) is 5.91 Å². The first-order valence-electron chi connectivity index (χ1n) is 6.30. The van der Waals surface area contributed by atoms with Gasteiger partial charge in [-0.05, 0) is 0 Å². The van der Waals surface area contributed by atoms with Crippen LogP contribution in [0.1, 0.15) is 13.3 Å². The molecule has 4 N–H and O–H groups in total. The summed E-state index contributed by atoms with van der Waals surface area (Å²) < 4.78 is 10.1. The number of Topliss-reactive ketones (excluding diaryl/α,β-unsaturated/α-hetero) is 1. The van der Waals surface area contributed by atoms with E-state index in [4.69, 9.17) is 14.6 Å². The van der Waals surface area contributed by atoms with Gasteiger partial charge < -0.3 is 30.1 Å². The highest BCUT2D eigenvalue weighted by atomic mass is 16.5. The van der Waals surface area contributed by atoms with Gasteiger partial charge in [-0.1, -0.05) is 0 Å². The summed E-state index contributed by atoms with van der Waals surface area (Å²) in [4.78, 5) is 22.8. The second-order valence-electron chi connectivity index (χ2n) is 4.78. The van der Waals surface area contributed by atoms with Gasteiger partial charge >= 0.3 is 0 Å². The Balaban J connectivity index is 2.83. The maximum atomic E-state index is 11.6. The van der Waals surface area contributed by atoms with Crippen LogP contribution >= 0.6 is 0 Å². The quantitative estimate of drug-likeness (QED) is 0.429. The second kappa shape index (κ2) is 7.65. The van der Waals surface area contributed by atoms with Crippen LogP contribution in [-0.2, 0) is 19.1 Å². The Morgan fingerprint density at radius 2 is 1.90 bits per heavy atom. The highest BCUT2D eigenvalue weighted by Crippen LogP contribution is 2.23. The monoisotopic (exact) mass is 291 g/mol. The van der Waals surface area contributed by atoms with Crippen LogP contribution in [0.15, 0.2) is 0 Å². The standard InChI is InChI=1S/C12H21NO7/c1-6(15)13-10-8(3-7(16)5-19-2)20-9(4-14)11(17)12(10)18/h8-12,14,17-18H,3-5H2,1-2H3,(H,13,15)/t8?,9-,10+,11-,12-/m1/s1. The summed E-state index contributed by atoms with van der Waals surface area (Å²) in [5.41, 5.74) is 0. The molecule has 1 heterocycles. The molecule has 0 aliphatic carbocycles. The van der Waals surface area contributed by atoms with E-state index in [0.717, 1.165) is 0 Å². The Hall–Kier alpha value is -1.06. The third-order valence-electron chi connectivity index (χ3n) is 3.13. The first-order chi connectivity index (χ1) is 9.40. The molecule has 0 bridgehead atoms. The molecule has 1 saturated heterocycles. The summed E-state index contributed by atoms with van der Waals surface area (Å²) in [6.45, 7) is 0.639. The smallest absolute Gasteiger partial charge is 0.217 e. The van der Waals surface area contributed by atoms with Crippen molar-refractivity contribution in [3.8, 4) is 0 Å². The summed E-state index contributed by atoms with van der Waals surface area (Å²) in [6, 6.07) is -0.925. The van der Waals surface area contributed by atoms with Crippen LogP contribution in [-0.4, -0.2) is 77.8 Å². The molecule has 0 spiro atoms. The van der Waals surface area contributed by atoms with Crippen molar-refractivity contribution in [1.82, 2.24) is 5.32 Å². The summed E-state index contributed by atoms with van der Waals surface area (Å²) in [5, 5.41) is 31.3. The number of methoxy groups -OCH3 is 1. The number of aliphatic hydroxyl groups is 3. The van der Waals surface area contributed by atoms with Crippen LogP contribution in [0.4, 0.5) is 0 Å². The minimum absolute atomic E-state index is 0.0981. The zero-order valence-corrected chi connectivity index (χ0v) is 11.5. The van der Waals surface area contributed by atoms with E-state index < -0.39 is 43.0 Å². The Labute approximate surface area is 116 Å². The molecule has 116 valence electrons. The van der Waals surface area contributed by atoms with E-state index in [2.05, 4.69) is 5.32 Å². The highest BCUT2D eigenvalue weighted by Gasteiger charge is 2.45. The number of rotatable bonds is 6. The molecule has 0 aromatic carbocycles. The molecule has 20 heavy (non-hydrogen) atoms. The van der Waals surface area contributed by atoms with Gasteiger partial charge in [0.1, 0.15) is 24.9 Å². The van der Waals surface area contributed by atoms with E-state index in [0.29, 0.717) is 0 Å². The van der Waals surface area contributed by atoms with Crippen LogP contribution in [0, 0.1) is 0 Å². The van der Waals surface area contributed by atoms with E-state index in [1.54, 1.807) is 0 Å². The van der Waals surface area contributed by atoms with Crippen molar-refractivity contribution in [2.24, 2.45) is 0 Å².